The molecule has 7 nitrogen and oxygen atoms in total. The first-order valence-corrected chi connectivity index (χ1v) is 8.36. The van der Waals surface area contributed by atoms with Gasteiger partial charge in [0.05, 0.1) is 31.6 Å². The zero-order valence-corrected chi connectivity index (χ0v) is 14.3. The number of carbonyl (C=O) groups is 2. The molecule has 2 amide bonds. The van der Waals surface area contributed by atoms with E-state index in [4.69, 9.17) is 9.47 Å². The van der Waals surface area contributed by atoms with Gasteiger partial charge in [0.15, 0.2) is 0 Å². The summed E-state index contributed by atoms with van der Waals surface area (Å²) < 4.78 is 16.0. The van der Waals surface area contributed by atoms with Gasteiger partial charge in [-0.1, -0.05) is 0 Å². The largest absolute Gasteiger partial charge is 0.493 e. The van der Waals surface area contributed by atoms with Crippen LogP contribution in [0.4, 0.5) is 16.2 Å². The molecule has 0 radical (unpaired) electrons. The van der Waals surface area contributed by atoms with Gasteiger partial charge in [0.2, 0.25) is 0 Å². The number of amides is 2. The standard InChI is InChI=1S/C19H18N2O5/c1-24-18(22)11-2-4-13(5-3-11)20-19(23)21-16-14-7-9-25-15(14)10-12-6-8-26-17(12)16/h2-5,10H,6-9H2,1H3,(H2,20,21,23). The Labute approximate surface area is 150 Å². The van der Waals surface area contributed by atoms with E-state index in [-0.39, 0.29) is 6.03 Å². The predicted molar refractivity (Wildman–Crippen MR) is 95.3 cm³/mol. The number of benzene rings is 2. The lowest BCUT2D eigenvalue weighted by Gasteiger charge is -2.14. The molecule has 2 heterocycles. The van der Waals surface area contributed by atoms with E-state index in [1.807, 2.05) is 6.07 Å². The molecule has 4 rings (SSSR count). The fraction of sp³-hybridized carbons (Fsp3) is 0.263. The van der Waals surface area contributed by atoms with Crippen molar-refractivity contribution < 1.29 is 23.8 Å². The minimum absolute atomic E-state index is 0.381. The van der Waals surface area contributed by atoms with Crippen LogP contribution >= 0.6 is 0 Å². The van der Waals surface area contributed by atoms with E-state index in [1.165, 1.54) is 7.11 Å². The maximum Gasteiger partial charge on any atom is 0.337 e. The molecule has 134 valence electrons. The van der Waals surface area contributed by atoms with Crippen molar-refractivity contribution in [2.75, 3.05) is 31.0 Å². The molecule has 0 spiro atoms. The highest BCUT2D eigenvalue weighted by Crippen LogP contribution is 2.44. The van der Waals surface area contributed by atoms with Crippen LogP contribution in [0.3, 0.4) is 0 Å². The lowest BCUT2D eigenvalue weighted by atomic mass is 10.0. The van der Waals surface area contributed by atoms with Gasteiger partial charge in [0.1, 0.15) is 11.5 Å². The van der Waals surface area contributed by atoms with Crippen molar-refractivity contribution in [2.24, 2.45) is 0 Å². The maximum atomic E-state index is 12.4. The number of ether oxygens (including phenoxy) is 3. The van der Waals surface area contributed by atoms with Crippen molar-refractivity contribution in [2.45, 2.75) is 12.8 Å². The molecule has 0 saturated heterocycles. The molecular formula is C19H18N2O5. The first-order chi connectivity index (χ1) is 12.7. The van der Waals surface area contributed by atoms with Crippen LogP contribution in [-0.4, -0.2) is 32.3 Å². The van der Waals surface area contributed by atoms with Gasteiger partial charge in [-0.2, -0.15) is 0 Å². The summed E-state index contributed by atoms with van der Waals surface area (Å²) in [6, 6.07) is 8.09. The highest BCUT2D eigenvalue weighted by molar-refractivity contribution is 6.02. The normalized spacial score (nSPS) is 13.9. The van der Waals surface area contributed by atoms with Gasteiger partial charge < -0.3 is 24.8 Å². The number of fused-ring (bicyclic) bond motifs is 2. The smallest absolute Gasteiger partial charge is 0.337 e. The zero-order valence-electron chi connectivity index (χ0n) is 14.3. The van der Waals surface area contributed by atoms with Gasteiger partial charge in [-0.15, -0.1) is 0 Å². The number of hydrogen-bond donors (Lipinski definition) is 2. The summed E-state index contributed by atoms with van der Waals surface area (Å²) in [7, 11) is 1.32. The second-order valence-electron chi connectivity index (χ2n) is 6.06. The molecule has 0 bridgehead atoms. The zero-order chi connectivity index (χ0) is 18.1. The fourth-order valence-corrected chi connectivity index (χ4v) is 3.20. The van der Waals surface area contributed by atoms with Crippen molar-refractivity contribution in [3.63, 3.8) is 0 Å². The molecule has 2 aromatic rings. The average Bonchev–Trinajstić information content (AvgIpc) is 3.30. The minimum Gasteiger partial charge on any atom is -0.493 e. The van der Waals surface area contributed by atoms with Crippen LogP contribution in [0.15, 0.2) is 30.3 Å². The third-order valence-electron chi connectivity index (χ3n) is 4.45. The molecular weight excluding hydrogens is 336 g/mol. The first kappa shape index (κ1) is 16.3. The molecule has 7 heteroatoms. The second-order valence-corrected chi connectivity index (χ2v) is 6.06. The van der Waals surface area contributed by atoms with E-state index >= 15 is 0 Å². The van der Waals surface area contributed by atoms with E-state index in [0.29, 0.717) is 30.2 Å². The highest BCUT2D eigenvalue weighted by atomic mass is 16.5. The Bertz CT molecular complexity index is 844. The molecule has 0 atom stereocenters. The van der Waals surface area contributed by atoms with Gasteiger partial charge in [-0.05, 0) is 30.3 Å². The van der Waals surface area contributed by atoms with Crippen LogP contribution in [0.5, 0.6) is 11.5 Å². The van der Waals surface area contributed by atoms with Crippen molar-refractivity contribution in [1.82, 2.24) is 0 Å². The van der Waals surface area contributed by atoms with E-state index in [0.717, 1.165) is 35.5 Å². The van der Waals surface area contributed by atoms with Gasteiger partial charge >= 0.3 is 12.0 Å². The maximum absolute atomic E-state index is 12.4. The number of methoxy groups -OCH3 is 1. The van der Waals surface area contributed by atoms with Crippen molar-refractivity contribution in [3.05, 3.63) is 47.0 Å². The Morgan fingerprint density at radius 1 is 1.04 bits per heavy atom. The van der Waals surface area contributed by atoms with Gasteiger partial charge in [0, 0.05) is 29.7 Å². The molecule has 0 unspecified atom stereocenters. The third kappa shape index (κ3) is 2.92. The number of anilines is 2. The molecule has 26 heavy (non-hydrogen) atoms. The van der Waals surface area contributed by atoms with E-state index < -0.39 is 5.97 Å². The van der Waals surface area contributed by atoms with E-state index in [1.54, 1.807) is 24.3 Å². The van der Waals surface area contributed by atoms with Gasteiger partial charge in [-0.25, -0.2) is 9.59 Å². The van der Waals surface area contributed by atoms with Gasteiger partial charge in [0.25, 0.3) is 0 Å². The summed E-state index contributed by atoms with van der Waals surface area (Å²) >= 11 is 0. The average molecular weight is 354 g/mol. The van der Waals surface area contributed by atoms with Crippen LogP contribution in [0.1, 0.15) is 21.5 Å². The quantitative estimate of drug-likeness (QED) is 0.828. The number of hydrogen-bond acceptors (Lipinski definition) is 5. The Morgan fingerprint density at radius 2 is 1.81 bits per heavy atom. The van der Waals surface area contributed by atoms with E-state index in [2.05, 4.69) is 15.4 Å². The summed E-state index contributed by atoms with van der Waals surface area (Å²) in [5, 5.41) is 5.65. The third-order valence-corrected chi connectivity index (χ3v) is 4.45. The highest BCUT2D eigenvalue weighted by Gasteiger charge is 2.27. The topological polar surface area (TPSA) is 85.9 Å². The first-order valence-electron chi connectivity index (χ1n) is 8.36. The predicted octanol–water partition coefficient (Wildman–Crippen LogP) is 2.99. The van der Waals surface area contributed by atoms with E-state index in [9.17, 15) is 9.59 Å². The Balaban J connectivity index is 1.52. The molecule has 0 aromatic heterocycles. The number of carbonyl (C=O) groups excluding carboxylic acids is 2. The molecule has 0 aliphatic carbocycles. The SMILES string of the molecule is COC(=O)c1ccc(NC(=O)Nc2c3c(cc4c2OCC4)OCC3)cc1. The molecule has 0 fully saturated rings. The van der Waals surface area contributed by atoms with Crippen LogP contribution in [0, 0.1) is 0 Å². The number of nitrogens with one attached hydrogen (secondary N) is 2. The molecule has 2 aromatic carbocycles. The minimum atomic E-state index is -0.423. The van der Waals surface area contributed by atoms with Crippen LogP contribution in [0.2, 0.25) is 0 Å². The van der Waals surface area contributed by atoms with Crippen LogP contribution in [-0.2, 0) is 17.6 Å². The van der Waals surface area contributed by atoms with Crippen LogP contribution < -0.4 is 20.1 Å². The Hall–Kier alpha value is -3.22. The van der Waals surface area contributed by atoms with Crippen molar-refractivity contribution in [1.29, 1.82) is 0 Å². The summed E-state index contributed by atoms with van der Waals surface area (Å²) in [5.74, 6) is 1.12. The lowest BCUT2D eigenvalue weighted by molar-refractivity contribution is 0.0600. The number of rotatable bonds is 3. The monoisotopic (exact) mass is 354 g/mol. The number of urea groups is 1. The summed E-state index contributed by atoms with van der Waals surface area (Å²) in [6.07, 6.45) is 1.53. The number of esters is 1. The molecule has 2 aliphatic heterocycles. The second kappa shape index (κ2) is 6.59. The molecule has 2 aliphatic rings. The van der Waals surface area contributed by atoms with Crippen molar-refractivity contribution in [3.8, 4) is 11.5 Å². The summed E-state index contributed by atoms with van der Waals surface area (Å²) in [5.41, 5.74) is 3.67. The summed E-state index contributed by atoms with van der Waals surface area (Å²) in [4.78, 5) is 23.9. The van der Waals surface area contributed by atoms with Crippen molar-refractivity contribution >= 4 is 23.4 Å². The molecule has 0 saturated carbocycles. The summed E-state index contributed by atoms with van der Waals surface area (Å²) in [6.45, 7) is 1.20. The Kier molecular flexibility index (Phi) is 4.12. The van der Waals surface area contributed by atoms with Gasteiger partial charge in [-0.3, -0.25) is 0 Å². The Morgan fingerprint density at radius 3 is 2.58 bits per heavy atom. The molecule has 2 N–H and O–H groups in total. The lowest BCUT2D eigenvalue weighted by Crippen LogP contribution is -2.20. The van der Waals surface area contributed by atoms with Crippen LogP contribution in [0.25, 0.3) is 0 Å². The fourth-order valence-electron chi connectivity index (χ4n) is 3.20.